The number of hydrogen-bond acceptors (Lipinski definition) is 8. The van der Waals surface area contributed by atoms with Crippen molar-refractivity contribution >= 4 is 34.0 Å². The van der Waals surface area contributed by atoms with Crippen molar-refractivity contribution in [3.05, 3.63) is 70.3 Å². The number of benzene rings is 1. The molecule has 2 aliphatic heterocycles. The fourth-order valence-electron chi connectivity index (χ4n) is 5.74. The first kappa shape index (κ1) is 28.5. The van der Waals surface area contributed by atoms with Gasteiger partial charge in [-0.05, 0) is 62.4 Å². The van der Waals surface area contributed by atoms with Crippen LogP contribution in [0.25, 0.3) is 22.2 Å². The number of nitrogens with one attached hydrogen (secondary N) is 2. The van der Waals surface area contributed by atoms with Crippen LogP contribution in [-0.2, 0) is 0 Å². The second-order valence-electron chi connectivity index (χ2n) is 10.8. The Labute approximate surface area is 246 Å². The lowest BCUT2D eigenvalue weighted by Crippen LogP contribution is -2.36. The number of likely N-dealkylation sites (tertiary alicyclic amines) is 1. The molecular weight excluding hydrogens is 558 g/mol. The van der Waals surface area contributed by atoms with E-state index in [1.807, 2.05) is 6.07 Å². The molecule has 43 heavy (non-hydrogen) atoms. The molecule has 0 aliphatic carbocycles. The van der Waals surface area contributed by atoms with Crippen molar-refractivity contribution in [1.29, 1.82) is 0 Å². The number of carbonyl (C=O) groups is 1. The van der Waals surface area contributed by atoms with Crippen LogP contribution in [0.4, 0.5) is 26.0 Å². The zero-order valence-electron chi connectivity index (χ0n) is 23.7. The van der Waals surface area contributed by atoms with E-state index in [0.717, 1.165) is 38.0 Å². The molecule has 0 spiro atoms. The third kappa shape index (κ3) is 5.62. The first-order chi connectivity index (χ1) is 20.8. The van der Waals surface area contributed by atoms with E-state index in [1.54, 1.807) is 18.3 Å². The molecule has 0 radical (unpaired) electrons. The lowest BCUT2D eigenvalue weighted by Gasteiger charge is -2.31. The highest BCUT2D eigenvalue weighted by molar-refractivity contribution is 5.99. The topological polar surface area (TPSA) is 124 Å². The Kier molecular flexibility index (Phi) is 7.94. The third-order valence-corrected chi connectivity index (χ3v) is 8.09. The van der Waals surface area contributed by atoms with Crippen LogP contribution in [0.15, 0.2) is 47.5 Å². The van der Waals surface area contributed by atoms with E-state index in [-0.39, 0.29) is 39.7 Å². The van der Waals surface area contributed by atoms with Gasteiger partial charge in [0.1, 0.15) is 17.1 Å². The number of amides is 1. The summed E-state index contributed by atoms with van der Waals surface area (Å²) >= 11 is 0. The zero-order chi connectivity index (χ0) is 30.1. The first-order valence-electron chi connectivity index (χ1n) is 14.4. The average molecular weight is 591 g/mol. The van der Waals surface area contributed by atoms with Crippen LogP contribution in [0.5, 0.6) is 5.75 Å². The molecule has 10 nitrogen and oxygen atoms in total. The Balaban J connectivity index is 1.38. The molecule has 4 aromatic rings. The molecule has 3 aromatic heterocycles. The van der Waals surface area contributed by atoms with Gasteiger partial charge in [-0.2, -0.15) is 0 Å². The van der Waals surface area contributed by atoms with Gasteiger partial charge in [-0.1, -0.05) is 0 Å². The maximum atomic E-state index is 15.7. The molecule has 12 heteroatoms. The number of nitrogens with zero attached hydrogens (tertiary/aromatic N) is 4. The minimum Gasteiger partial charge on any atom is -0.496 e. The molecular formula is C31H32F2N6O4. The molecule has 1 aromatic carbocycles. The molecule has 2 aliphatic rings. The standard InChI is InChI=1S/C31H32F2N6O4/c1-43-24-15-20(28(32)29(33)27(24)31(42)39-11-3-2-4-12-39)22-16-23(26-21(36-22)7-10-34-30(26)41)37-25-6-5-18(17-35-25)38-13-8-19(40)9-14-38/h5-7,10,15-17,19,40H,2-4,8-9,11-14H2,1H3,(H,34,41)(H,35,36,37). The van der Waals surface area contributed by atoms with E-state index < -0.39 is 28.7 Å². The maximum absolute atomic E-state index is 15.7. The highest BCUT2D eigenvalue weighted by atomic mass is 19.2. The summed E-state index contributed by atoms with van der Waals surface area (Å²) in [6.07, 6.45) is 6.78. The highest BCUT2D eigenvalue weighted by Crippen LogP contribution is 2.36. The minimum atomic E-state index is -1.31. The lowest BCUT2D eigenvalue weighted by molar-refractivity contribution is 0.0714. The van der Waals surface area contributed by atoms with E-state index in [2.05, 4.69) is 25.2 Å². The number of carbonyl (C=O) groups excluding carboxylic acids is 1. The van der Waals surface area contributed by atoms with Crippen molar-refractivity contribution < 1.29 is 23.4 Å². The van der Waals surface area contributed by atoms with Gasteiger partial charge >= 0.3 is 0 Å². The summed E-state index contributed by atoms with van der Waals surface area (Å²) in [5, 5.41) is 13.1. The molecule has 2 fully saturated rings. The second kappa shape index (κ2) is 12.0. The second-order valence-corrected chi connectivity index (χ2v) is 10.8. The molecule has 0 saturated carbocycles. The monoisotopic (exact) mass is 590 g/mol. The lowest BCUT2D eigenvalue weighted by atomic mass is 10.0. The molecule has 0 atom stereocenters. The van der Waals surface area contributed by atoms with Crippen molar-refractivity contribution in [2.24, 2.45) is 0 Å². The number of halogens is 2. The number of hydrogen-bond donors (Lipinski definition) is 3. The number of aromatic nitrogens is 3. The Morgan fingerprint density at radius 2 is 1.84 bits per heavy atom. The molecule has 5 heterocycles. The fourth-order valence-corrected chi connectivity index (χ4v) is 5.74. The molecule has 2 saturated heterocycles. The van der Waals surface area contributed by atoms with Gasteiger partial charge in [0.05, 0.1) is 47.4 Å². The van der Waals surface area contributed by atoms with Crippen LogP contribution in [0.2, 0.25) is 0 Å². The van der Waals surface area contributed by atoms with Gasteiger partial charge in [0, 0.05) is 37.9 Å². The average Bonchev–Trinajstić information content (AvgIpc) is 3.03. The number of ether oxygens (including phenoxy) is 1. The number of fused-ring (bicyclic) bond motifs is 1. The highest BCUT2D eigenvalue weighted by Gasteiger charge is 2.30. The predicted molar refractivity (Wildman–Crippen MR) is 159 cm³/mol. The van der Waals surface area contributed by atoms with Crippen LogP contribution in [0.1, 0.15) is 42.5 Å². The molecule has 1 amide bonds. The van der Waals surface area contributed by atoms with E-state index in [0.29, 0.717) is 31.7 Å². The summed E-state index contributed by atoms with van der Waals surface area (Å²) in [7, 11) is 1.30. The van der Waals surface area contributed by atoms with Gasteiger partial charge in [0.2, 0.25) is 0 Å². The Morgan fingerprint density at radius 3 is 2.53 bits per heavy atom. The number of anilines is 3. The molecule has 6 rings (SSSR count). The number of piperidine rings is 2. The SMILES string of the molecule is COc1cc(-c2cc(Nc3ccc(N4CCC(O)CC4)cn3)c3c(=O)[nH]ccc3n2)c(F)c(F)c1C(=O)N1CCCCC1. The summed E-state index contributed by atoms with van der Waals surface area (Å²) in [5.41, 5.74) is 0.387. The van der Waals surface area contributed by atoms with Crippen molar-refractivity contribution in [2.75, 3.05) is 43.5 Å². The summed E-state index contributed by atoms with van der Waals surface area (Å²) in [6.45, 7) is 2.38. The van der Waals surface area contributed by atoms with Gasteiger partial charge in [0.25, 0.3) is 11.5 Å². The van der Waals surface area contributed by atoms with Crippen LogP contribution >= 0.6 is 0 Å². The van der Waals surface area contributed by atoms with Gasteiger partial charge in [0.15, 0.2) is 11.6 Å². The van der Waals surface area contributed by atoms with E-state index in [1.165, 1.54) is 30.3 Å². The Morgan fingerprint density at radius 1 is 1.07 bits per heavy atom. The number of pyridine rings is 3. The number of aliphatic hydroxyl groups is 1. The summed E-state index contributed by atoms with van der Waals surface area (Å²) < 4.78 is 36.7. The Bertz CT molecular complexity index is 1710. The number of rotatable bonds is 6. The van der Waals surface area contributed by atoms with Crippen molar-refractivity contribution in [3.63, 3.8) is 0 Å². The zero-order valence-corrected chi connectivity index (χ0v) is 23.7. The van der Waals surface area contributed by atoms with Crippen LogP contribution in [0.3, 0.4) is 0 Å². The van der Waals surface area contributed by atoms with Gasteiger partial charge in [-0.25, -0.2) is 18.7 Å². The minimum absolute atomic E-state index is 0.0377. The molecule has 0 bridgehead atoms. The fraction of sp³-hybridized carbons (Fsp3) is 0.355. The third-order valence-electron chi connectivity index (χ3n) is 8.09. The van der Waals surface area contributed by atoms with Gasteiger partial charge in [-0.15, -0.1) is 0 Å². The van der Waals surface area contributed by atoms with Crippen molar-refractivity contribution in [2.45, 2.75) is 38.2 Å². The predicted octanol–water partition coefficient (Wildman–Crippen LogP) is 4.60. The summed E-state index contributed by atoms with van der Waals surface area (Å²) in [5.74, 6) is -2.84. The summed E-state index contributed by atoms with van der Waals surface area (Å²) in [4.78, 5) is 41.2. The number of methoxy groups -OCH3 is 1. The van der Waals surface area contributed by atoms with E-state index in [4.69, 9.17) is 4.74 Å². The van der Waals surface area contributed by atoms with Crippen LogP contribution in [0, 0.1) is 11.6 Å². The van der Waals surface area contributed by atoms with Crippen molar-refractivity contribution in [1.82, 2.24) is 19.9 Å². The van der Waals surface area contributed by atoms with Gasteiger partial charge < -0.3 is 29.9 Å². The number of aromatic amines is 1. The number of H-pyrrole nitrogens is 1. The van der Waals surface area contributed by atoms with Crippen LogP contribution < -0.4 is 20.5 Å². The maximum Gasteiger partial charge on any atom is 0.260 e. The van der Waals surface area contributed by atoms with E-state index >= 15 is 8.78 Å². The molecule has 0 unspecified atom stereocenters. The first-order valence-corrected chi connectivity index (χ1v) is 14.4. The largest absolute Gasteiger partial charge is 0.496 e. The van der Waals surface area contributed by atoms with E-state index in [9.17, 15) is 14.7 Å². The number of aliphatic hydroxyl groups excluding tert-OH is 1. The quantitative estimate of drug-likeness (QED) is 0.298. The van der Waals surface area contributed by atoms with Gasteiger partial charge in [-0.3, -0.25) is 9.59 Å². The van der Waals surface area contributed by atoms with Crippen molar-refractivity contribution in [3.8, 4) is 17.0 Å². The normalized spacial score (nSPS) is 16.0. The summed E-state index contributed by atoms with van der Waals surface area (Å²) in [6, 6.07) is 7.92. The molecule has 3 N–H and O–H groups in total. The smallest absolute Gasteiger partial charge is 0.260 e. The molecule has 224 valence electrons. The van der Waals surface area contributed by atoms with Crippen LogP contribution in [-0.4, -0.2) is 70.3 Å². The Hall–Kier alpha value is -4.58.